The highest BCUT2D eigenvalue weighted by atomic mass is 32.2. The Morgan fingerprint density at radius 3 is 2.56 bits per heavy atom. The zero-order valence-electron chi connectivity index (χ0n) is 19.0. The number of pyridine rings is 1. The van der Waals surface area contributed by atoms with E-state index in [0.29, 0.717) is 36.7 Å². The largest absolute Gasteiger partial charge is 0.398 e. The summed E-state index contributed by atoms with van der Waals surface area (Å²) in [4.78, 5) is 31.4. The molecule has 8 nitrogen and oxygen atoms in total. The van der Waals surface area contributed by atoms with Crippen molar-refractivity contribution in [1.29, 1.82) is 0 Å². The number of rotatable bonds is 4. The molecule has 0 spiro atoms. The summed E-state index contributed by atoms with van der Waals surface area (Å²) in [7, 11) is 0. The number of urea groups is 1. The Morgan fingerprint density at radius 2 is 1.85 bits per heavy atom. The van der Waals surface area contributed by atoms with Crippen molar-refractivity contribution in [3.63, 3.8) is 0 Å². The molecule has 1 fully saturated rings. The van der Waals surface area contributed by atoms with Gasteiger partial charge in [-0.25, -0.2) is 4.79 Å². The molecule has 0 bridgehead atoms. The average molecular weight is 479 g/mol. The van der Waals surface area contributed by atoms with Crippen molar-refractivity contribution in [1.82, 2.24) is 20.5 Å². The lowest BCUT2D eigenvalue weighted by Gasteiger charge is -2.33. The minimum atomic E-state index is -1.15. The highest BCUT2D eigenvalue weighted by Gasteiger charge is 2.48. The number of anilines is 1. The topological polar surface area (TPSA) is 126 Å². The molecule has 3 heterocycles. The number of nitrogens with two attached hydrogens (primary N) is 2. The lowest BCUT2D eigenvalue weighted by Crippen LogP contribution is -2.48. The van der Waals surface area contributed by atoms with Crippen molar-refractivity contribution < 1.29 is 9.59 Å². The van der Waals surface area contributed by atoms with Crippen LogP contribution in [-0.4, -0.2) is 41.0 Å². The molecular formula is C25H30N6O2S. The monoisotopic (exact) mass is 478 g/mol. The predicted molar refractivity (Wildman–Crippen MR) is 133 cm³/mol. The first-order valence-electron chi connectivity index (χ1n) is 11.8. The van der Waals surface area contributed by atoms with Crippen molar-refractivity contribution >= 4 is 29.4 Å². The molecule has 5 rings (SSSR count). The summed E-state index contributed by atoms with van der Waals surface area (Å²) in [6.45, 7) is 1.04. The Kier molecular flexibility index (Phi) is 6.12. The van der Waals surface area contributed by atoms with E-state index in [9.17, 15) is 9.59 Å². The third kappa shape index (κ3) is 4.20. The number of thioether (sulfide) groups is 1. The number of primary amides is 1. The maximum Gasteiger partial charge on any atom is 0.317 e. The molecule has 1 aromatic heterocycles. The van der Waals surface area contributed by atoms with Crippen molar-refractivity contribution in [2.24, 2.45) is 5.73 Å². The number of amides is 3. The van der Waals surface area contributed by atoms with Gasteiger partial charge in [0.1, 0.15) is 0 Å². The van der Waals surface area contributed by atoms with Crippen LogP contribution in [0.2, 0.25) is 0 Å². The minimum Gasteiger partial charge on any atom is -0.398 e. The lowest BCUT2D eigenvalue weighted by atomic mass is 9.82. The maximum absolute atomic E-state index is 13.1. The number of hydrogen-bond acceptors (Lipinski definition) is 6. The van der Waals surface area contributed by atoms with E-state index in [1.807, 2.05) is 35.5 Å². The molecule has 1 unspecified atom stereocenters. The summed E-state index contributed by atoms with van der Waals surface area (Å²) in [5.74, 6) is 0.0407. The van der Waals surface area contributed by atoms with Crippen LogP contribution in [-0.2, 0) is 9.67 Å². The van der Waals surface area contributed by atoms with Gasteiger partial charge in [-0.1, -0.05) is 30.0 Å². The van der Waals surface area contributed by atoms with Gasteiger partial charge in [0.05, 0.1) is 6.54 Å². The van der Waals surface area contributed by atoms with Crippen molar-refractivity contribution in [3.8, 4) is 0 Å². The molecule has 0 saturated heterocycles. The van der Waals surface area contributed by atoms with Gasteiger partial charge >= 0.3 is 6.03 Å². The molecule has 34 heavy (non-hydrogen) atoms. The SMILES string of the molecule is NC(=O)C1(c2ccccc2N)NC2=C(CN(C(=O)NC3CCC(c4ccncc4)CC3)CC2)S1. The molecule has 1 aliphatic carbocycles. The van der Waals surface area contributed by atoms with Gasteiger partial charge in [-0.3, -0.25) is 9.78 Å². The van der Waals surface area contributed by atoms with Crippen LogP contribution < -0.4 is 22.1 Å². The Hall–Kier alpha value is -3.20. The Balaban J connectivity index is 1.20. The van der Waals surface area contributed by atoms with E-state index in [1.54, 1.807) is 6.07 Å². The maximum atomic E-state index is 13.1. The van der Waals surface area contributed by atoms with Crippen LogP contribution in [0.25, 0.3) is 0 Å². The van der Waals surface area contributed by atoms with Gasteiger partial charge in [0.2, 0.25) is 0 Å². The fourth-order valence-corrected chi connectivity index (χ4v) is 6.65. The lowest BCUT2D eigenvalue weighted by molar-refractivity contribution is -0.121. The van der Waals surface area contributed by atoms with Crippen LogP contribution in [0.1, 0.15) is 49.1 Å². The van der Waals surface area contributed by atoms with Gasteiger partial charge in [0.25, 0.3) is 5.91 Å². The molecule has 6 N–H and O–H groups in total. The molecule has 0 radical (unpaired) electrons. The number of aromatic nitrogens is 1. The standard InChI is InChI=1S/C25H30N6O2S/c26-20-4-2-1-3-19(20)25(23(27)32)30-21-11-14-31(15-22(21)34-25)24(33)29-18-7-5-16(6-8-18)17-9-12-28-13-10-17/h1-4,9-10,12-13,16,18,30H,5-8,11,14-15,26H2,(H2,27,32)(H,29,33). The molecular weight excluding hydrogens is 448 g/mol. The van der Waals surface area contributed by atoms with E-state index in [2.05, 4.69) is 27.8 Å². The third-order valence-corrected chi connectivity index (χ3v) is 8.56. The van der Waals surface area contributed by atoms with Crippen LogP contribution in [0.5, 0.6) is 0 Å². The highest BCUT2D eigenvalue weighted by molar-refractivity contribution is 8.05. The van der Waals surface area contributed by atoms with Crippen LogP contribution in [0.3, 0.4) is 0 Å². The molecule has 2 aromatic rings. The normalized spacial score (nSPS) is 26.5. The van der Waals surface area contributed by atoms with E-state index < -0.39 is 10.8 Å². The molecule has 178 valence electrons. The first kappa shape index (κ1) is 22.6. The fraction of sp³-hybridized carbons (Fsp3) is 0.400. The van der Waals surface area contributed by atoms with Gasteiger partial charge in [0.15, 0.2) is 4.87 Å². The van der Waals surface area contributed by atoms with Gasteiger partial charge < -0.3 is 27.0 Å². The smallest absolute Gasteiger partial charge is 0.317 e. The summed E-state index contributed by atoms with van der Waals surface area (Å²) in [6, 6.07) is 11.6. The van der Waals surface area contributed by atoms with Gasteiger partial charge in [-0.05, 0) is 55.4 Å². The van der Waals surface area contributed by atoms with E-state index in [1.165, 1.54) is 17.3 Å². The Labute approximate surface area is 203 Å². The Bertz CT molecular complexity index is 1120. The first-order valence-corrected chi connectivity index (χ1v) is 12.6. The summed E-state index contributed by atoms with van der Waals surface area (Å²) in [5.41, 5.74) is 15.5. The van der Waals surface area contributed by atoms with E-state index in [0.717, 1.165) is 36.3 Å². The minimum absolute atomic E-state index is 0.0460. The predicted octanol–water partition coefficient (Wildman–Crippen LogP) is 2.99. The number of para-hydroxylation sites is 1. The van der Waals surface area contributed by atoms with Crippen molar-refractivity contribution in [2.75, 3.05) is 18.8 Å². The quantitative estimate of drug-likeness (QED) is 0.501. The van der Waals surface area contributed by atoms with Crippen LogP contribution in [0, 0.1) is 0 Å². The molecule has 9 heteroatoms. The molecule has 2 aliphatic heterocycles. The Morgan fingerprint density at radius 1 is 1.12 bits per heavy atom. The van der Waals surface area contributed by atoms with E-state index in [4.69, 9.17) is 11.5 Å². The third-order valence-electron chi connectivity index (χ3n) is 7.11. The van der Waals surface area contributed by atoms with Crippen LogP contribution in [0.4, 0.5) is 10.5 Å². The number of benzene rings is 1. The van der Waals surface area contributed by atoms with Crippen molar-refractivity contribution in [2.45, 2.75) is 48.9 Å². The summed E-state index contributed by atoms with van der Waals surface area (Å²) in [5, 5.41) is 6.59. The molecule has 1 saturated carbocycles. The highest BCUT2D eigenvalue weighted by Crippen LogP contribution is 2.49. The van der Waals surface area contributed by atoms with Crippen LogP contribution >= 0.6 is 11.8 Å². The average Bonchev–Trinajstić information content (AvgIpc) is 3.25. The summed E-state index contributed by atoms with van der Waals surface area (Å²) in [6.07, 6.45) is 8.39. The van der Waals surface area contributed by atoms with E-state index in [-0.39, 0.29) is 12.1 Å². The number of nitrogens with one attached hydrogen (secondary N) is 2. The van der Waals surface area contributed by atoms with Gasteiger partial charge in [0, 0.05) is 53.3 Å². The second-order valence-electron chi connectivity index (χ2n) is 9.21. The van der Waals surface area contributed by atoms with Gasteiger partial charge in [-0.15, -0.1) is 0 Å². The molecule has 3 aliphatic rings. The fourth-order valence-electron chi connectivity index (χ4n) is 5.21. The zero-order chi connectivity index (χ0) is 23.7. The van der Waals surface area contributed by atoms with Crippen molar-refractivity contribution in [3.05, 3.63) is 70.5 Å². The molecule has 3 amide bonds. The second kappa shape index (κ2) is 9.21. The van der Waals surface area contributed by atoms with Gasteiger partial charge in [-0.2, -0.15) is 0 Å². The molecule has 1 atom stereocenters. The second-order valence-corrected chi connectivity index (χ2v) is 10.5. The zero-order valence-corrected chi connectivity index (χ0v) is 19.8. The summed E-state index contributed by atoms with van der Waals surface area (Å²) >= 11 is 1.37. The summed E-state index contributed by atoms with van der Waals surface area (Å²) < 4.78 is 0. The van der Waals surface area contributed by atoms with E-state index >= 15 is 0 Å². The van der Waals surface area contributed by atoms with Crippen LogP contribution in [0.15, 0.2) is 59.4 Å². The number of carbonyl (C=O) groups is 2. The number of nitrogens with zero attached hydrogens (tertiary/aromatic N) is 2. The molecule has 1 aromatic carbocycles. The first-order chi connectivity index (χ1) is 16.5. The number of carbonyl (C=O) groups excluding carboxylic acids is 2. The number of nitrogen functional groups attached to an aromatic ring is 1. The number of hydrogen-bond donors (Lipinski definition) is 4.